The predicted molar refractivity (Wildman–Crippen MR) is 181 cm³/mol. The average Bonchev–Trinajstić information content (AvgIpc) is 3.84. The lowest BCUT2D eigenvalue weighted by molar-refractivity contribution is -0.151. The molecule has 0 aromatic heterocycles. The Morgan fingerprint density at radius 2 is 1.09 bits per heavy atom. The topological polar surface area (TPSA) is 212 Å². The summed E-state index contributed by atoms with van der Waals surface area (Å²) in [5.41, 5.74) is 5.73. The number of carbonyl (C=O) groups is 7. The lowest BCUT2D eigenvalue weighted by Crippen LogP contribution is -2.59. The summed E-state index contributed by atoms with van der Waals surface area (Å²) in [6.45, 7) is 0.884. The molecular weight excluding hydrogens is 679 g/mol. The highest BCUT2D eigenvalue weighted by Gasteiger charge is 2.46. The standard InChI is InChI=1S/C27H43N7O8S4/c28-14(10-43)21(35)30-16(12-45)24(38)33-8-2-5-19(33)26(40)34-9-3-6-20(34)25(39)32-7-1-4-18(32)23(37)29-15(11-44)22(36)31-17(13-46)27(41)42/h14-20,43-46H,1-13,28H2,(H,29,37)(H,30,35)(H,31,36)(H,41,42)/t14-,15-,16-,17-,18-,19-,20-/m0/s1. The number of thiol groups is 4. The number of nitrogens with zero attached hydrogens (tertiary/aromatic N) is 3. The second-order valence-electron chi connectivity index (χ2n) is 11.4. The van der Waals surface area contributed by atoms with E-state index in [1.54, 1.807) is 0 Å². The van der Waals surface area contributed by atoms with Crippen LogP contribution in [0.1, 0.15) is 38.5 Å². The van der Waals surface area contributed by atoms with Crippen molar-refractivity contribution >= 4 is 91.9 Å². The van der Waals surface area contributed by atoms with Gasteiger partial charge in [-0.1, -0.05) is 0 Å². The van der Waals surface area contributed by atoms with E-state index in [-0.39, 0.29) is 35.5 Å². The first-order valence-corrected chi connectivity index (χ1v) is 17.7. The molecule has 0 saturated carbocycles. The fraction of sp³-hybridized carbons (Fsp3) is 0.741. The van der Waals surface area contributed by atoms with E-state index in [4.69, 9.17) is 5.73 Å². The van der Waals surface area contributed by atoms with Crippen LogP contribution >= 0.6 is 50.5 Å². The van der Waals surface area contributed by atoms with E-state index in [1.807, 2.05) is 0 Å². The molecule has 0 aromatic carbocycles. The van der Waals surface area contributed by atoms with E-state index < -0.39 is 77.8 Å². The lowest BCUT2D eigenvalue weighted by Gasteiger charge is -2.35. The Hall–Kier alpha value is -2.35. The molecule has 3 saturated heterocycles. The summed E-state index contributed by atoms with van der Waals surface area (Å²) in [7, 11) is 0. The zero-order valence-corrected chi connectivity index (χ0v) is 28.8. The van der Waals surface area contributed by atoms with Gasteiger partial charge in [-0.25, -0.2) is 4.79 Å². The van der Waals surface area contributed by atoms with Crippen LogP contribution in [0.2, 0.25) is 0 Å². The van der Waals surface area contributed by atoms with Gasteiger partial charge in [0.1, 0.15) is 36.3 Å². The number of amides is 6. The molecule has 7 atom stereocenters. The summed E-state index contributed by atoms with van der Waals surface area (Å²) in [5.74, 6) is -4.57. The number of nitrogens with one attached hydrogen (secondary N) is 3. The monoisotopic (exact) mass is 721 g/mol. The van der Waals surface area contributed by atoms with Crippen molar-refractivity contribution < 1.29 is 38.7 Å². The molecule has 0 radical (unpaired) electrons. The van der Waals surface area contributed by atoms with Crippen molar-refractivity contribution in [3.63, 3.8) is 0 Å². The molecular formula is C27H43N7O8S4. The number of hydrogen-bond donors (Lipinski definition) is 9. The molecule has 0 bridgehead atoms. The van der Waals surface area contributed by atoms with Gasteiger partial charge in [-0.2, -0.15) is 50.5 Å². The van der Waals surface area contributed by atoms with Crippen molar-refractivity contribution in [1.82, 2.24) is 30.7 Å². The number of hydrogen-bond acceptors (Lipinski definition) is 12. The number of likely N-dealkylation sites (tertiary alicyclic amines) is 3. The van der Waals surface area contributed by atoms with Crippen molar-refractivity contribution in [1.29, 1.82) is 0 Å². The highest BCUT2D eigenvalue weighted by Crippen LogP contribution is 2.29. The van der Waals surface area contributed by atoms with Gasteiger partial charge in [0.05, 0.1) is 6.04 Å². The molecule has 46 heavy (non-hydrogen) atoms. The molecule has 19 heteroatoms. The average molecular weight is 722 g/mol. The second-order valence-corrected chi connectivity index (χ2v) is 12.9. The van der Waals surface area contributed by atoms with Crippen LogP contribution < -0.4 is 21.7 Å². The Labute approximate surface area is 289 Å². The smallest absolute Gasteiger partial charge is 0.327 e. The van der Waals surface area contributed by atoms with Gasteiger partial charge in [0.15, 0.2) is 0 Å². The van der Waals surface area contributed by atoms with Gasteiger partial charge in [-0.15, -0.1) is 0 Å². The van der Waals surface area contributed by atoms with E-state index in [9.17, 15) is 38.7 Å². The summed E-state index contributed by atoms with van der Waals surface area (Å²) < 4.78 is 0. The normalized spacial score (nSPS) is 23.8. The Balaban J connectivity index is 1.68. The molecule has 258 valence electrons. The first kappa shape index (κ1) is 38.1. The molecule has 0 unspecified atom stereocenters. The molecule has 6 amide bonds. The first-order chi connectivity index (χ1) is 21.9. The van der Waals surface area contributed by atoms with Gasteiger partial charge in [0.2, 0.25) is 35.4 Å². The van der Waals surface area contributed by atoms with Crippen molar-refractivity contribution in [2.24, 2.45) is 5.73 Å². The summed E-state index contributed by atoms with van der Waals surface area (Å²) in [4.78, 5) is 95.0. The summed E-state index contributed by atoms with van der Waals surface area (Å²) in [5, 5.41) is 16.7. The van der Waals surface area contributed by atoms with Crippen LogP contribution in [0.3, 0.4) is 0 Å². The maximum absolute atomic E-state index is 13.9. The summed E-state index contributed by atoms with van der Waals surface area (Å²) in [6, 6.07) is -6.86. The van der Waals surface area contributed by atoms with Crippen LogP contribution in [0.15, 0.2) is 0 Å². The SMILES string of the molecule is N[C@@H](CS)C(=O)N[C@@H](CS)C(=O)N1CCC[C@H]1C(=O)N1CCC[C@H]1C(=O)N1CCC[C@H]1C(=O)N[C@@H](CS)C(=O)N[C@@H](CS)C(=O)O. The van der Waals surface area contributed by atoms with Crippen molar-refractivity contribution in [2.75, 3.05) is 42.6 Å². The van der Waals surface area contributed by atoms with Crippen LogP contribution in [0.25, 0.3) is 0 Å². The van der Waals surface area contributed by atoms with E-state index in [0.29, 0.717) is 51.6 Å². The van der Waals surface area contributed by atoms with Gasteiger partial charge in [0, 0.05) is 42.6 Å². The fourth-order valence-corrected chi connectivity index (χ4v) is 6.85. The third-order valence-electron chi connectivity index (χ3n) is 8.42. The summed E-state index contributed by atoms with van der Waals surface area (Å²) in [6.07, 6.45) is 2.77. The van der Waals surface area contributed by atoms with Gasteiger partial charge in [0.25, 0.3) is 0 Å². The van der Waals surface area contributed by atoms with Crippen molar-refractivity contribution in [2.45, 2.75) is 80.8 Å². The predicted octanol–water partition coefficient (Wildman–Crippen LogP) is -2.46. The number of carbonyl (C=O) groups excluding carboxylic acids is 6. The number of nitrogens with two attached hydrogens (primary N) is 1. The molecule has 3 rings (SSSR count). The molecule has 3 fully saturated rings. The maximum atomic E-state index is 13.9. The minimum absolute atomic E-state index is 0.00438. The van der Waals surface area contributed by atoms with Crippen LogP contribution in [0.5, 0.6) is 0 Å². The third-order valence-corrected chi connectivity index (χ3v) is 9.91. The molecule has 6 N–H and O–H groups in total. The zero-order valence-electron chi connectivity index (χ0n) is 25.2. The van der Waals surface area contributed by atoms with E-state index in [1.165, 1.54) is 14.7 Å². The van der Waals surface area contributed by atoms with Gasteiger partial charge >= 0.3 is 5.97 Å². The zero-order chi connectivity index (χ0) is 34.1. The first-order valence-electron chi connectivity index (χ1n) is 15.1. The third kappa shape index (κ3) is 8.96. The van der Waals surface area contributed by atoms with Crippen molar-refractivity contribution in [3.8, 4) is 0 Å². The molecule has 0 aromatic rings. The van der Waals surface area contributed by atoms with E-state index in [0.717, 1.165) is 0 Å². The van der Waals surface area contributed by atoms with Crippen LogP contribution in [-0.4, -0.2) is 146 Å². The quantitative estimate of drug-likeness (QED) is 0.0871. The fourth-order valence-electron chi connectivity index (χ4n) is 5.93. The van der Waals surface area contributed by atoms with E-state index in [2.05, 4.69) is 66.5 Å². The van der Waals surface area contributed by atoms with Crippen LogP contribution in [0.4, 0.5) is 0 Å². The molecule has 0 aliphatic carbocycles. The van der Waals surface area contributed by atoms with Gasteiger partial charge in [-0.3, -0.25) is 28.8 Å². The number of carboxylic acid groups (broad SMARTS) is 1. The molecule has 15 nitrogen and oxygen atoms in total. The molecule has 3 aliphatic rings. The summed E-state index contributed by atoms with van der Waals surface area (Å²) >= 11 is 16.3. The minimum atomic E-state index is -1.27. The number of carboxylic acids is 1. The van der Waals surface area contributed by atoms with Gasteiger partial charge in [-0.05, 0) is 38.5 Å². The Kier molecular flexibility index (Phi) is 14.7. The molecule has 3 heterocycles. The lowest BCUT2D eigenvalue weighted by atomic mass is 10.1. The Bertz CT molecular complexity index is 1180. The second kappa shape index (κ2) is 17.7. The largest absolute Gasteiger partial charge is 0.480 e. The van der Waals surface area contributed by atoms with Gasteiger partial charge < -0.3 is 41.5 Å². The number of aliphatic carboxylic acids is 1. The van der Waals surface area contributed by atoms with E-state index >= 15 is 0 Å². The molecule has 3 aliphatic heterocycles. The highest BCUT2D eigenvalue weighted by atomic mass is 32.1. The Morgan fingerprint density at radius 1 is 0.630 bits per heavy atom. The van der Waals surface area contributed by atoms with Crippen LogP contribution in [0, 0.1) is 0 Å². The number of rotatable bonds is 14. The van der Waals surface area contributed by atoms with Crippen molar-refractivity contribution in [3.05, 3.63) is 0 Å². The minimum Gasteiger partial charge on any atom is -0.480 e. The highest BCUT2D eigenvalue weighted by molar-refractivity contribution is 7.80. The molecule has 0 spiro atoms. The Morgan fingerprint density at radius 3 is 1.59 bits per heavy atom. The maximum Gasteiger partial charge on any atom is 0.327 e. The van der Waals surface area contributed by atoms with Crippen LogP contribution in [-0.2, 0) is 33.6 Å².